The number of aliphatic hydroxyl groups is 1. The van der Waals surface area contributed by atoms with Crippen LogP contribution in [0.3, 0.4) is 0 Å². The zero-order valence-electron chi connectivity index (χ0n) is 25.0. The van der Waals surface area contributed by atoms with Gasteiger partial charge in [0, 0.05) is 41.6 Å². The Hall–Kier alpha value is -4.85. The summed E-state index contributed by atoms with van der Waals surface area (Å²) in [6.07, 6.45) is 5.06. The molecule has 1 atom stereocenters. The summed E-state index contributed by atoms with van der Waals surface area (Å²) in [5.41, 5.74) is 2.91. The number of carbonyl (C=O) groups excluding carboxylic acids is 1. The van der Waals surface area contributed by atoms with Gasteiger partial charge >= 0.3 is 0 Å². The third-order valence-corrected chi connectivity index (χ3v) is 8.70. The summed E-state index contributed by atoms with van der Waals surface area (Å²) in [7, 11) is -3.73. The fourth-order valence-corrected chi connectivity index (χ4v) is 5.69. The molecule has 0 aliphatic heterocycles. The van der Waals surface area contributed by atoms with Crippen molar-refractivity contribution in [2.75, 3.05) is 11.3 Å². The topological polar surface area (TPSA) is 167 Å². The highest BCUT2D eigenvalue weighted by molar-refractivity contribution is 7.92. The lowest BCUT2D eigenvalue weighted by molar-refractivity contribution is 0.0950. The van der Waals surface area contributed by atoms with Crippen LogP contribution in [0, 0.1) is 0 Å². The molecule has 0 unspecified atom stereocenters. The van der Waals surface area contributed by atoms with Gasteiger partial charge in [-0.05, 0) is 62.2 Å². The monoisotopic (exact) mass is 628 g/mol. The number of H-pyrrole nitrogens is 1. The van der Waals surface area contributed by atoms with E-state index in [1.165, 1.54) is 18.5 Å². The van der Waals surface area contributed by atoms with Crippen molar-refractivity contribution < 1.29 is 18.3 Å². The summed E-state index contributed by atoms with van der Waals surface area (Å²) < 4.78 is 30.0. The van der Waals surface area contributed by atoms with Gasteiger partial charge in [0.1, 0.15) is 12.2 Å². The highest BCUT2D eigenvalue weighted by Gasteiger charge is 2.20. The Labute approximate surface area is 262 Å². The van der Waals surface area contributed by atoms with E-state index in [9.17, 15) is 18.3 Å². The average molecular weight is 629 g/mol. The second-order valence-electron chi connectivity index (χ2n) is 11.3. The van der Waals surface area contributed by atoms with Crippen LogP contribution in [0.5, 0.6) is 0 Å². The van der Waals surface area contributed by atoms with Gasteiger partial charge in [0.05, 0.1) is 29.6 Å². The number of anilines is 1. The fourth-order valence-electron chi connectivity index (χ4n) is 4.62. The number of aromatic amines is 1. The minimum Gasteiger partial charge on any atom is -0.387 e. The van der Waals surface area contributed by atoms with Crippen molar-refractivity contribution in [1.82, 2.24) is 35.4 Å². The van der Waals surface area contributed by atoms with Crippen LogP contribution >= 0.6 is 0 Å². The first-order valence-electron chi connectivity index (χ1n) is 14.4. The first kappa shape index (κ1) is 31.6. The summed E-state index contributed by atoms with van der Waals surface area (Å²) >= 11 is 0. The van der Waals surface area contributed by atoms with E-state index in [-0.39, 0.29) is 29.4 Å². The van der Waals surface area contributed by atoms with E-state index in [0.717, 1.165) is 17.7 Å². The van der Waals surface area contributed by atoms with Gasteiger partial charge in [0.25, 0.3) is 15.9 Å². The molecule has 0 aliphatic rings. The van der Waals surface area contributed by atoms with Crippen LogP contribution in [0.15, 0.2) is 103 Å². The summed E-state index contributed by atoms with van der Waals surface area (Å²) in [4.78, 5) is 21.1. The number of carbonyl (C=O) groups is 1. The van der Waals surface area contributed by atoms with E-state index in [1.807, 2.05) is 22.9 Å². The molecule has 0 bridgehead atoms. The Morgan fingerprint density at radius 2 is 1.80 bits per heavy atom. The predicted molar refractivity (Wildman–Crippen MR) is 171 cm³/mol. The van der Waals surface area contributed by atoms with Crippen LogP contribution in [0.4, 0.5) is 5.69 Å². The molecule has 13 heteroatoms. The molecule has 2 heterocycles. The minimum atomic E-state index is -3.73. The van der Waals surface area contributed by atoms with E-state index >= 15 is 0 Å². The molecule has 5 aromatic rings. The molecule has 234 valence electrons. The molecule has 0 spiro atoms. The van der Waals surface area contributed by atoms with E-state index in [1.54, 1.807) is 60.9 Å². The second kappa shape index (κ2) is 13.8. The third kappa shape index (κ3) is 8.62. The summed E-state index contributed by atoms with van der Waals surface area (Å²) in [6, 6.07) is 22.2. The van der Waals surface area contributed by atoms with E-state index < -0.39 is 16.1 Å². The highest BCUT2D eigenvalue weighted by Crippen LogP contribution is 2.22. The Bertz CT molecular complexity index is 1810. The van der Waals surface area contributed by atoms with Gasteiger partial charge in [-0.1, -0.05) is 42.5 Å². The standard InChI is InChI=1S/C32H36N8O4S/c1-32(2,36-18-29(41)25-7-6-8-26(17-25)39-45(43,44)27-9-4-3-5-10-27)15-16-40-20-28(35-22-40)23-11-13-24(14-12-23)31(42)33-19-30-34-21-37-38-30/h3-14,17,20-22,29,36,39,41H,15-16,18-19H2,1-2H3,(H,33,42)(H,34,37,38)/t29-/m0/s1. The molecule has 0 radical (unpaired) electrons. The van der Waals surface area contributed by atoms with Gasteiger partial charge in [0.2, 0.25) is 0 Å². The first-order chi connectivity index (χ1) is 21.6. The number of β-amino-alcohol motifs (C(OH)–C–C–N with tert-alkyl or cyclic N) is 1. The van der Waals surface area contributed by atoms with Crippen LogP contribution < -0.4 is 15.4 Å². The van der Waals surface area contributed by atoms with Crippen molar-refractivity contribution in [2.24, 2.45) is 0 Å². The highest BCUT2D eigenvalue weighted by atomic mass is 32.2. The largest absolute Gasteiger partial charge is 0.387 e. The van der Waals surface area contributed by atoms with Gasteiger partial charge in [-0.25, -0.2) is 18.4 Å². The molecule has 2 aromatic heterocycles. The quantitative estimate of drug-likeness (QED) is 0.124. The molecule has 12 nitrogen and oxygen atoms in total. The van der Waals surface area contributed by atoms with Crippen molar-refractivity contribution in [3.05, 3.63) is 115 Å². The van der Waals surface area contributed by atoms with Crippen molar-refractivity contribution in [1.29, 1.82) is 0 Å². The normalized spacial score (nSPS) is 12.5. The number of hydrogen-bond acceptors (Lipinski definition) is 8. The molecule has 5 rings (SSSR count). The Kier molecular flexibility index (Phi) is 9.71. The van der Waals surface area contributed by atoms with Crippen molar-refractivity contribution >= 4 is 21.6 Å². The number of aromatic nitrogens is 5. The second-order valence-corrected chi connectivity index (χ2v) is 12.9. The molecular weight excluding hydrogens is 592 g/mol. The maximum atomic E-state index is 12.7. The Balaban J connectivity index is 1.10. The van der Waals surface area contributed by atoms with Crippen LogP contribution in [0.2, 0.25) is 0 Å². The lowest BCUT2D eigenvalue weighted by atomic mass is 9.99. The molecule has 0 saturated heterocycles. The summed E-state index contributed by atoms with van der Waals surface area (Å²) in [6.45, 7) is 5.38. The Morgan fingerprint density at radius 1 is 1.02 bits per heavy atom. The molecule has 0 saturated carbocycles. The number of imidazole rings is 1. The number of aryl methyl sites for hydroxylation is 1. The van der Waals surface area contributed by atoms with E-state index in [0.29, 0.717) is 29.2 Å². The number of rotatable bonds is 14. The summed E-state index contributed by atoms with van der Waals surface area (Å²) in [5, 5.41) is 23.6. The van der Waals surface area contributed by atoms with Crippen molar-refractivity contribution in [3.63, 3.8) is 0 Å². The minimum absolute atomic E-state index is 0.169. The predicted octanol–water partition coefficient (Wildman–Crippen LogP) is 3.89. The first-order valence-corrected chi connectivity index (χ1v) is 15.9. The molecule has 3 aromatic carbocycles. The van der Waals surface area contributed by atoms with E-state index in [4.69, 9.17) is 0 Å². The van der Waals surface area contributed by atoms with Crippen molar-refractivity contribution in [2.45, 2.75) is 49.9 Å². The number of amides is 1. The summed E-state index contributed by atoms with van der Waals surface area (Å²) in [5.74, 6) is 0.376. The fraction of sp³-hybridized carbons (Fsp3) is 0.250. The third-order valence-electron chi connectivity index (χ3n) is 7.30. The van der Waals surface area contributed by atoms with Crippen LogP contribution in [0.1, 0.15) is 48.1 Å². The molecule has 45 heavy (non-hydrogen) atoms. The maximum absolute atomic E-state index is 12.7. The van der Waals surface area contributed by atoms with Gasteiger partial charge in [0.15, 0.2) is 0 Å². The number of sulfonamides is 1. The SMILES string of the molecule is CC(C)(CCn1cnc(-c2ccc(C(=O)NCc3ncn[nH]3)cc2)c1)NC[C@H](O)c1cccc(NS(=O)(=O)c2ccccc2)c1. The zero-order chi connectivity index (χ0) is 31.9. The number of nitrogens with zero attached hydrogens (tertiary/aromatic N) is 4. The molecular formula is C32H36N8O4S. The Morgan fingerprint density at radius 3 is 2.53 bits per heavy atom. The van der Waals surface area contributed by atoms with Crippen LogP contribution in [-0.4, -0.2) is 56.2 Å². The van der Waals surface area contributed by atoms with Gasteiger partial charge in [-0.2, -0.15) is 5.10 Å². The smallest absolute Gasteiger partial charge is 0.261 e. The molecule has 0 fully saturated rings. The van der Waals surface area contributed by atoms with Crippen LogP contribution in [-0.2, 0) is 23.1 Å². The number of aliphatic hydroxyl groups excluding tert-OH is 1. The molecule has 1 amide bonds. The number of hydrogen-bond donors (Lipinski definition) is 5. The lowest BCUT2D eigenvalue weighted by Crippen LogP contribution is -2.42. The molecule has 5 N–H and O–H groups in total. The number of nitrogens with one attached hydrogen (secondary N) is 4. The van der Waals surface area contributed by atoms with Gasteiger partial charge in [-0.3, -0.25) is 14.6 Å². The lowest BCUT2D eigenvalue weighted by Gasteiger charge is -2.28. The number of benzene rings is 3. The van der Waals surface area contributed by atoms with Crippen LogP contribution in [0.25, 0.3) is 11.3 Å². The van der Waals surface area contributed by atoms with Gasteiger partial charge < -0.3 is 20.3 Å². The maximum Gasteiger partial charge on any atom is 0.261 e. The average Bonchev–Trinajstić information content (AvgIpc) is 3.75. The molecule has 0 aliphatic carbocycles. The zero-order valence-corrected chi connectivity index (χ0v) is 25.8. The van der Waals surface area contributed by atoms with Crippen molar-refractivity contribution in [3.8, 4) is 11.3 Å². The van der Waals surface area contributed by atoms with Gasteiger partial charge in [-0.15, -0.1) is 0 Å². The van der Waals surface area contributed by atoms with E-state index in [2.05, 4.69) is 49.4 Å².